The van der Waals surface area contributed by atoms with Gasteiger partial charge < -0.3 is 35.8 Å². The van der Waals surface area contributed by atoms with Crippen molar-refractivity contribution in [2.75, 3.05) is 19.6 Å². The Balaban J connectivity index is 1.34. The number of hydrogen-bond acceptors (Lipinski definition) is 8. The molecule has 4 N–H and O–H groups in total. The molecule has 0 bridgehead atoms. The van der Waals surface area contributed by atoms with Crippen LogP contribution in [0.15, 0.2) is 23.3 Å². The number of amides is 6. The van der Waals surface area contributed by atoms with E-state index in [-0.39, 0.29) is 43.0 Å². The van der Waals surface area contributed by atoms with Gasteiger partial charge in [-0.3, -0.25) is 24.0 Å². The van der Waals surface area contributed by atoms with E-state index in [9.17, 15) is 33.6 Å². The molecule has 0 aromatic rings. The number of nitrogens with one attached hydrogen (secondary N) is 4. The minimum absolute atomic E-state index is 0.0302. The summed E-state index contributed by atoms with van der Waals surface area (Å²) in [5.41, 5.74) is 1.60. The predicted octanol–water partition coefficient (Wildman–Crippen LogP) is 3.54. The van der Waals surface area contributed by atoms with E-state index in [1.165, 1.54) is 16.0 Å². The Morgan fingerprint density at radius 2 is 1.69 bits per heavy atom. The standard InChI is InChI=1S/C40H60N6O8/c1-8-9-29(33(48)36(50)41-27-14-15-27)42-35(49)30-19-28(54-39(53)45-17-16-24-11-10-23(4)18-26(24)20-45)21-46(30)37(51)34(40(5,6)7)44-38(52)43-31(22(2)3)32(47)25-12-13-25/h10-11,22-23,25,27-31,34H,8-9,12-21H2,1-7H3,(H,41,50)(H,42,49)(H2,43,44,52)/t23?,28-,29?,30+,31+,34-/m1/s1. The van der Waals surface area contributed by atoms with Crippen LogP contribution in [0.5, 0.6) is 0 Å². The Morgan fingerprint density at radius 3 is 2.30 bits per heavy atom. The summed E-state index contributed by atoms with van der Waals surface area (Å²) in [6.07, 6.45) is 8.36. The van der Waals surface area contributed by atoms with Crippen molar-refractivity contribution < 1.29 is 38.3 Å². The van der Waals surface area contributed by atoms with E-state index in [4.69, 9.17) is 4.74 Å². The van der Waals surface area contributed by atoms with E-state index in [1.807, 2.05) is 20.8 Å². The summed E-state index contributed by atoms with van der Waals surface area (Å²) < 4.78 is 5.99. The maximum absolute atomic E-state index is 14.6. The number of ketones is 2. The first-order valence-electron chi connectivity index (χ1n) is 19.9. The molecule has 6 amide bonds. The Kier molecular flexibility index (Phi) is 12.9. The monoisotopic (exact) mass is 752 g/mol. The van der Waals surface area contributed by atoms with Crippen LogP contribution in [0, 0.1) is 23.2 Å². The van der Waals surface area contributed by atoms with Crippen molar-refractivity contribution in [3.05, 3.63) is 23.3 Å². The molecule has 0 spiro atoms. The molecule has 2 unspecified atom stereocenters. The van der Waals surface area contributed by atoms with Gasteiger partial charge in [-0.25, -0.2) is 9.59 Å². The highest BCUT2D eigenvalue weighted by atomic mass is 16.6. The van der Waals surface area contributed by atoms with Crippen LogP contribution in [0.25, 0.3) is 0 Å². The van der Waals surface area contributed by atoms with Gasteiger partial charge in [0.25, 0.3) is 5.91 Å². The average Bonchev–Trinajstić information content (AvgIpc) is 4.06. The number of nitrogens with zero attached hydrogens (tertiary/aromatic N) is 2. The van der Waals surface area contributed by atoms with Crippen LogP contribution in [0.4, 0.5) is 9.59 Å². The molecule has 3 fully saturated rings. The number of hydrogen-bond donors (Lipinski definition) is 4. The third-order valence-electron chi connectivity index (χ3n) is 11.0. The number of rotatable bonds is 14. The molecular formula is C40H60N6O8. The lowest BCUT2D eigenvalue weighted by Gasteiger charge is -2.36. The molecular weight excluding hydrogens is 692 g/mol. The highest BCUT2D eigenvalue weighted by molar-refractivity contribution is 6.38. The molecule has 3 aliphatic carbocycles. The van der Waals surface area contributed by atoms with E-state index < -0.39 is 71.3 Å². The number of ether oxygens (including phenoxy) is 1. The van der Waals surface area contributed by atoms with Crippen molar-refractivity contribution in [1.29, 1.82) is 0 Å². The maximum atomic E-state index is 14.6. The second-order valence-corrected chi connectivity index (χ2v) is 17.4. The quantitative estimate of drug-likeness (QED) is 0.194. The summed E-state index contributed by atoms with van der Waals surface area (Å²) in [4.78, 5) is 97.5. The summed E-state index contributed by atoms with van der Waals surface area (Å²) in [6, 6.07) is -4.86. The summed E-state index contributed by atoms with van der Waals surface area (Å²) in [6.45, 7) is 13.8. The van der Waals surface area contributed by atoms with Gasteiger partial charge in [0.05, 0.1) is 18.6 Å². The van der Waals surface area contributed by atoms with Crippen molar-refractivity contribution in [3.63, 3.8) is 0 Å². The van der Waals surface area contributed by atoms with Crippen molar-refractivity contribution >= 4 is 41.4 Å². The largest absolute Gasteiger partial charge is 0.444 e. The normalized spacial score (nSPS) is 24.3. The number of carbonyl (C=O) groups is 7. The second kappa shape index (κ2) is 17.1. The van der Waals surface area contributed by atoms with Gasteiger partial charge in [0.2, 0.25) is 17.6 Å². The van der Waals surface area contributed by atoms with Gasteiger partial charge in [-0.05, 0) is 73.3 Å². The molecule has 14 nitrogen and oxygen atoms in total. The van der Waals surface area contributed by atoms with Gasteiger partial charge in [0.1, 0.15) is 18.2 Å². The van der Waals surface area contributed by atoms with Crippen molar-refractivity contribution in [2.24, 2.45) is 23.2 Å². The fourth-order valence-electron chi connectivity index (χ4n) is 7.51. The topological polar surface area (TPSA) is 183 Å². The first-order chi connectivity index (χ1) is 25.5. The number of allylic oxidation sites excluding steroid dienone is 2. The molecule has 2 heterocycles. The molecule has 298 valence electrons. The van der Waals surface area contributed by atoms with Crippen LogP contribution in [0.2, 0.25) is 0 Å². The zero-order valence-electron chi connectivity index (χ0n) is 33.0. The SMILES string of the molecule is CCCC(NC(=O)[C@@H]1C[C@@H](OC(=O)N2CCC3=C(CC(C)C=C3)C2)CN1C(=O)[C@@H](NC(=O)N[C@H](C(=O)C1CC1)C(C)C)C(C)(C)C)C(=O)C(=O)NC1CC1. The smallest absolute Gasteiger partial charge is 0.410 e. The number of urea groups is 1. The lowest BCUT2D eigenvalue weighted by Crippen LogP contribution is -2.61. The summed E-state index contributed by atoms with van der Waals surface area (Å²) in [7, 11) is 0. The summed E-state index contributed by atoms with van der Waals surface area (Å²) in [5.74, 6) is -2.64. The first kappa shape index (κ1) is 40.9. The molecule has 0 aromatic carbocycles. The molecule has 5 rings (SSSR count). The van der Waals surface area contributed by atoms with E-state index in [2.05, 4.69) is 40.3 Å². The van der Waals surface area contributed by atoms with E-state index in [0.29, 0.717) is 31.8 Å². The highest BCUT2D eigenvalue weighted by Gasteiger charge is 2.48. The lowest BCUT2D eigenvalue weighted by atomic mass is 9.85. The third-order valence-corrected chi connectivity index (χ3v) is 11.0. The minimum Gasteiger partial charge on any atom is -0.444 e. The Hall–Kier alpha value is -4.23. The van der Waals surface area contributed by atoms with Gasteiger partial charge in [-0.1, -0.05) is 67.0 Å². The summed E-state index contributed by atoms with van der Waals surface area (Å²) >= 11 is 0. The molecule has 6 atom stereocenters. The average molecular weight is 753 g/mol. The van der Waals surface area contributed by atoms with Crippen molar-refractivity contribution in [1.82, 2.24) is 31.1 Å². The Morgan fingerprint density at radius 1 is 0.981 bits per heavy atom. The predicted molar refractivity (Wildman–Crippen MR) is 201 cm³/mol. The first-order valence-corrected chi connectivity index (χ1v) is 19.9. The maximum Gasteiger partial charge on any atom is 0.410 e. The number of Topliss-reactive ketones (excluding diaryl/α,β-unsaturated/α-hetero) is 2. The Bertz CT molecular complexity index is 1560. The second-order valence-electron chi connectivity index (χ2n) is 17.4. The van der Waals surface area contributed by atoms with Gasteiger partial charge in [0, 0.05) is 31.5 Å². The van der Waals surface area contributed by atoms with Crippen LogP contribution in [-0.2, 0) is 28.7 Å². The number of carbonyl (C=O) groups excluding carboxylic acids is 7. The van der Waals surface area contributed by atoms with E-state index in [0.717, 1.165) is 32.1 Å². The lowest BCUT2D eigenvalue weighted by molar-refractivity contribution is -0.144. The molecule has 0 aromatic heterocycles. The molecule has 0 radical (unpaired) electrons. The zero-order valence-corrected chi connectivity index (χ0v) is 33.0. The highest BCUT2D eigenvalue weighted by Crippen LogP contribution is 2.33. The fraction of sp³-hybridized carbons (Fsp3) is 0.725. The number of likely N-dealkylation sites (tertiary alicyclic amines) is 1. The summed E-state index contributed by atoms with van der Waals surface area (Å²) in [5, 5.41) is 11.0. The van der Waals surface area contributed by atoms with Gasteiger partial charge >= 0.3 is 12.1 Å². The van der Waals surface area contributed by atoms with Crippen LogP contribution in [0.1, 0.15) is 106 Å². The van der Waals surface area contributed by atoms with Crippen LogP contribution in [-0.4, -0.2) is 107 Å². The van der Waals surface area contributed by atoms with Crippen LogP contribution >= 0.6 is 0 Å². The molecule has 1 saturated heterocycles. The van der Waals surface area contributed by atoms with Crippen LogP contribution < -0.4 is 21.3 Å². The van der Waals surface area contributed by atoms with Gasteiger partial charge in [-0.2, -0.15) is 0 Å². The third kappa shape index (κ3) is 10.3. The minimum atomic E-state index is -1.16. The van der Waals surface area contributed by atoms with Crippen molar-refractivity contribution in [2.45, 2.75) is 143 Å². The fourth-order valence-corrected chi connectivity index (χ4v) is 7.51. The van der Waals surface area contributed by atoms with Gasteiger partial charge in [0.15, 0.2) is 5.78 Å². The van der Waals surface area contributed by atoms with E-state index in [1.54, 1.807) is 25.7 Å². The molecule has 5 aliphatic rings. The van der Waals surface area contributed by atoms with E-state index >= 15 is 0 Å². The molecule has 14 heteroatoms. The van der Waals surface area contributed by atoms with Crippen LogP contribution in [0.3, 0.4) is 0 Å². The molecule has 2 aliphatic heterocycles. The molecule has 2 saturated carbocycles. The Labute approximate surface area is 319 Å². The van der Waals surface area contributed by atoms with Gasteiger partial charge in [-0.15, -0.1) is 0 Å². The zero-order chi connectivity index (χ0) is 39.5. The molecule has 54 heavy (non-hydrogen) atoms. The van der Waals surface area contributed by atoms with Crippen molar-refractivity contribution in [3.8, 4) is 0 Å².